The Balaban J connectivity index is 2.12. The minimum atomic E-state index is 0.597. The number of aromatic nitrogens is 6. The van der Waals surface area contributed by atoms with Crippen molar-refractivity contribution < 1.29 is 0 Å². The van der Waals surface area contributed by atoms with Gasteiger partial charge in [0.05, 0.1) is 11.6 Å². The fourth-order valence-corrected chi connectivity index (χ4v) is 1.89. The van der Waals surface area contributed by atoms with Crippen LogP contribution in [-0.4, -0.2) is 36.5 Å². The van der Waals surface area contributed by atoms with Gasteiger partial charge in [0, 0.05) is 19.8 Å². The second kappa shape index (κ2) is 4.68. The number of hydrogen-bond acceptors (Lipinski definition) is 5. The highest BCUT2D eigenvalue weighted by atomic mass is 15.3. The molecule has 0 aliphatic heterocycles. The Bertz CT molecular complexity index is 697. The second-order valence-electron chi connectivity index (χ2n) is 4.33. The first-order valence-corrected chi connectivity index (χ1v) is 6.23. The van der Waals surface area contributed by atoms with Crippen molar-refractivity contribution in [1.82, 2.24) is 29.9 Å². The van der Waals surface area contributed by atoms with Crippen molar-refractivity contribution in [2.24, 2.45) is 7.05 Å². The summed E-state index contributed by atoms with van der Waals surface area (Å²) in [5, 5.41) is 15.4. The second-order valence-corrected chi connectivity index (χ2v) is 4.33. The predicted octanol–water partition coefficient (Wildman–Crippen LogP) is 1.58. The minimum absolute atomic E-state index is 0.597. The summed E-state index contributed by atoms with van der Waals surface area (Å²) in [5.41, 5.74) is 2.32. The summed E-state index contributed by atoms with van der Waals surface area (Å²) in [4.78, 5) is 8.93. The quantitative estimate of drug-likeness (QED) is 0.741. The number of rotatable bonds is 4. The summed E-state index contributed by atoms with van der Waals surface area (Å²) in [7, 11) is 1.88. The lowest BCUT2D eigenvalue weighted by atomic mass is 10.2. The molecule has 2 N–H and O–H groups in total. The highest BCUT2D eigenvalue weighted by Crippen LogP contribution is 2.24. The molecule has 0 aromatic carbocycles. The van der Waals surface area contributed by atoms with E-state index in [1.165, 1.54) is 0 Å². The Labute approximate surface area is 110 Å². The Morgan fingerprint density at radius 2 is 2.26 bits per heavy atom. The van der Waals surface area contributed by atoms with Crippen molar-refractivity contribution in [3.8, 4) is 11.4 Å². The molecule has 0 fully saturated rings. The van der Waals surface area contributed by atoms with Crippen LogP contribution in [0.1, 0.15) is 13.3 Å². The van der Waals surface area contributed by atoms with Crippen LogP contribution in [0.25, 0.3) is 22.4 Å². The molecular weight excluding hydrogens is 242 g/mol. The van der Waals surface area contributed by atoms with E-state index in [9.17, 15) is 0 Å². The van der Waals surface area contributed by atoms with Crippen molar-refractivity contribution in [1.29, 1.82) is 0 Å². The van der Waals surface area contributed by atoms with Crippen LogP contribution in [-0.2, 0) is 7.05 Å². The van der Waals surface area contributed by atoms with Gasteiger partial charge in [-0.3, -0.25) is 9.78 Å². The molecule has 3 aromatic rings. The van der Waals surface area contributed by atoms with Crippen molar-refractivity contribution in [2.75, 3.05) is 11.9 Å². The van der Waals surface area contributed by atoms with Gasteiger partial charge in [0.2, 0.25) is 5.95 Å². The predicted molar refractivity (Wildman–Crippen MR) is 72.7 cm³/mol. The number of aryl methyl sites for hydroxylation is 1. The molecular formula is C12H15N7. The van der Waals surface area contributed by atoms with Crippen LogP contribution in [0, 0.1) is 0 Å². The molecule has 0 radical (unpaired) electrons. The zero-order chi connectivity index (χ0) is 13.2. The van der Waals surface area contributed by atoms with Crippen LogP contribution in [0.15, 0.2) is 18.5 Å². The Morgan fingerprint density at radius 1 is 1.37 bits per heavy atom. The van der Waals surface area contributed by atoms with Crippen molar-refractivity contribution in [3.05, 3.63) is 18.5 Å². The van der Waals surface area contributed by atoms with Crippen LogP contribution < -0.4 is 5.32 Å². The van der Waals surface area contributed by atoms with E-state index in [0.717, 1.165) is 29.7 Å². The van der Waals surface area contributed by atoms with E-state index in [-0.39, 0.29) is 0 Å². The van der Waals surface area contributed by atoms with Crippen molar-refractivity contribution in [3.63, 3.8) is 0 Å². The SMILES string of the molecule is CCCNc1nc(-c2ccn(C)n2)c2cn[nH]c2n1. The molecule has 3 rings (SSSR count). The monoisotopic (exact) mass is 257 g/mol. The van der Waals surface area contributed by atoms with E-state index in [4.69, 9.17) is 0 Å². The van der Waals surface area contributed by atoms with E-state index in [1.54, 1.807) is 10.9 Å². The molecule has 0 saturated heterocycles. The number of fused-ring (bicyclic) bond motifs is 1. The Kier molecular flexibility index (Phi) is 2.86. The summed E-state index contributed by atoms with van der Waals surface area (Å²) in [6, 6.07) is 1.93. The molecule has 3 aromatic heterocycles. The van der Waals surface area contributed by atoms with Gasteiger partial charge in [-0.1, -0.05) is 6.92 Å². The summed E-state index contributed by atoms with van der Waals surface area (Å²) in [5.74, 6) is 0.597. The molecule has 0 aliphatic rings. The number of hydrogen-bond donors (Lipinski definition) is 2. The molecule has 0 spiro atoms. The third-order valence-electron chi connectivity index (χ3n) is 2.80. The molecule has 0 saturated carbocycles. The van der Waals surface area contributed by atoms with Gasteiger partial charge in [-0.2, -0.15) is 15.2 Å². The molecule has 7 heteroatoms. The summed E-state index contributed by atoms with van der Waals surface area (Å²) in [6.07, 6.45) is 4.63. The van der Waals surface area contributed by atoms with Crippen LogP contribution in [0.5, 0.6) is 0 Å². The summed E-state index contributed by atoms with van der Waals surface area (Å²) in [6.45, 7) is 2.93. The zero-order valence-electron chi connectivity index (χ0n) is 10.9. The van der Waals surface area contributed by atoms with Gasteiger partial charge in [-0.05, 0) is 12.5 Å². The number of H-pyrrole nitrogens is 1. The largest absolute Gasteiger partial charge is 0.354 e. The molecule has 7 nitrogen and oxygen atoms in total. The van der Waals surface area contributed by atoms with Crippen molar-refractivity contribution >= 4 is 17.0 Å². The average molecular weight is 257 g/mol. The van der Waals surface area contributed by atoms with Crippen molar-refractivity contribution in [2.45, 2.75) is 13.3 Å². The highest BCUT2D eigenvalue weighted by molar-refractivity contribution is 5.89. The van der Waals surface area contributed by atoms with Crippen LogP contribution >= 0.6 is 0 Å². The topological polar surface area (TPSA) is 84.3 Å². The first-order valence-electron chi connectivity index (χ1n) is 6.23. The summed E-state index contributed by atoms with van der Waals surface area (Å²) < 4.78 is 1.75. The lowest BCUT2D eigenvalue weighted by molar-refractivity contribution is 0.770. The van der Waals surface area contributed by atoms with E-state index >= 15 is 0 Å². The standard InChI is InChI=1S/C12H15N7/c1-3-5-13-12-15-10(9-4-6-19(2)18-9)8-7-14-17-11(8)16-12/h4,6-7H,3,5H2,1-2H3,(H2,13,14,15,16,17). The van der Waals surface area contributed by atoms with Gasteiger partial charge in [0.1, 0.15) is 11.4 Å². The Morgan fingerprint density at radius 3 is 3.00 bits per heavy atom. The highest BCUT2D eigenvalue weighted by Gasteiger charge is 2.13. The maximum absolute atomic E-state index is 4.54. The summed E-state index contributed by atoms with van der Waals surface area (Å²) >= 11 is 0. The number of nitrogens with zero attached hydrogens (tertiary/aromatic N) is 5. The molecule has 0 unspecified atom stereocenters. The minimum Gasteiger partial charge on any atom is -0.354 e. The van der Waals surface area contributed by atoms with E-state index in [0.29, 0.717) is 11.6 Å². The lowest BCUT2D eigenvalue weighted by Crippen LogP contribution is -2.05. The number of anilines is 1. The van der Waals surface area contributed by atoms with E-state index in [2.05, 4.69) is 37.5 Å². The maximum atomic E-state index is 4.54. The van der Waals surface area contributed by atoms with Crippen LogP contribution in [0.3, 0.4) is 0 Å². The molecule has 0 bridgehead atoms. The number of aromatic amines is 1. The third-order valence-corrected chi connectivity index (χ3v) is 2.80. The molecule has 0 atom stereocenters. The average Bonchev–Trinajstić information content (AvgIpc) is 3.03. The third kappa shape index (κ3) is 2.14. The van der Waals surface area contributed by atoms with Gasteiger partial charge >= 0.3 is 0 Å². The van der Waals surface area contributed by atoms with Crippen LogP contribution in [0.4, 0.5) is 5.95 Å². The molecule has 0 amide bonds. The smallest absolute Gasteiger partial charge is 0.225 e. The van der Waals surface area contributed by atoms with Gasteiger partial charge < -0.3 is 5.32 Å². The molecule has 98 valence electrons. The van der Waals surface area contributed by atoms with E-state index < -0.39 is 0 Å². The first-order chi connectivity index (χ1) is 9.28. The first kappa shape index (κ1) is 11.6. The van der Waals surface area contributed by atoms with Crippen LogP contribution in [0.2, 0.25) is 0 Å². The van der Waals surface area contributed by atoms with Gasteiger partial charge in [0.15, 0.2) is 5.65 Å². The van der Waals surface area contributed by atoms with Gasteiger partial charge in [-0.25, -0.2) is 4.98 Å². The normalized spacial score (nSPS) is 11.1. The molecule has 19 heavy (non-hydrogen) atoms. The Hall–Kier alpha value is -2.44. The van der Waals surface area contributed by atoms with Gasteiger partial charge in [0.25, 0.3) is 0 Å². The number of nitrogens with one attached hydrogen (secondary N) is 2. The van der Waals surface area contributed by atoms with E-state index in [1.807, 2.05) is 19.3 Å². The molecule has 0 aliphatic carbocycles. The fraction of sp³-hybridized carbons (Fsp3) is 0.333. The molecule has 3 heterocycles. The zero-order valence-corrected chi connectivity index (χ0v) is 10.9. The maximum Gasteiger partial charge on any atom is 0.225 e. The lowest BCUT2D eigenvalue weighted by Gasteiger charge is -2.05. The van der Waals surface area contributed by atoms with Gasteiger partial charge in [-0.15, -0.1) is 0 Å². The fourth-order valence-electron chi connectivity index (χ4n) is 1.89.